The van der Waals surface area contributed by atoms with Gasteiger partial charge in [0.15, 0.2) is 0 Å². The minimum absolute atomic E-state index is 0.376. The fraction of sp³-hybridized carbons (Fsp3) is 0.571. The highest BCUT2D eigenvalue weighted by Crippen LogP contribution is 2.15. The van der Waals surface area contributed by atoms with E-state index >= 15 is 0 Å². The van der Waals surface area contributed by atoms with E-state index in [-0.39, 0.29) is 0 Å². The van der Waals surface area contributed by atoms with E-state index in [9.17, 15) is 0 Å². The number of phenols is 1. The van der Waals surface area contributed by atoms with Gasteiger partial charge in [-0.25, -0.2) is 0 Å². The van der Waals surface area contributed by atoms with Crippen LogP contribution < -0.4 is 0 Å². The van der Waals surface area contributed by atoms with Crippen molar-refractivity contribution >= 4 is 0 Å². The van der Waals surface area contributed by atoms with Crippen molar-refractivity contribution in [2.75, 3.05) is 26.4 Å². The molecule has 1 aromatic carbocycles. The highest BCUT2D eigenvalue weighted by atomic mass is 16.6. The third kappa shape index (κ3) is 5.04. The Hall–Kier alpha value is -1.10. The Balaban J connectivity index is 0.000000134. The number of aryl methyl sites for hydroxylation is 2. The number of ether oxygens (including phenoxy) is 3. The number of epoxide rings is 2. The Bertz CT molecular complexity index is 371. The molecule has 2 heterocycles. The third-order valence-corrected chi connectivity index (χ3v) is 2.76. The normalized spacial score (nSPS) is 24.1. The lowest BCUT2D eigenvalue weighted by Gasteiger charge is -1.97. The van der Waals surface area contributed by atoms with Crippen molar-refractivity contribution in [1.29, 1.82) is 0 Å². The van der Waals surface area contributed by atoms with Crippen LogP contribution in [0.5, 0.6) is 5.75 Å². The zero-order chi connectivity index (χ0) is 13.0. The molecular formula is C14H20O4. The number of aromatic hydroxyl groups is 1. The van der Waals surface area contributed by atoms with Crippen LogP contribution in [-0.4, -0.2) is 43.7 Å². The van der Waals surface area contributed by atoms with Gasteiger partial charge in [-0.15, -0.1) is 0 Å². The van der Waals surface area contributed by atoms with Crippen LogP contribution in [0.15, 0.2) is 18.2 Å². The van der Waals surface area contributed by atoms with Gasteiger partial charge in [-0.1, -0.05) is 17.7 Å². The molecule has 3 rings (SSSR count). The van der Waals surface area contributed by atoms with E-state index in [1.54, 1.807) is 6.07 Å². The van der Waals surface area contributed by atoms with Gasteiger partial charge in [-0.3, -0.25) is 0 Å². The maximum absolute atomic E-state index is 9.04. The van der Waals surface area contributed by atoms with Gasteiger partial charge >= 0.3 is 0 Å². The third-order valence-electron chi connectivity index (χ3n) is 2.76. The SMILES string of the molecule is C(OCC1CO1)C1CO1.Cc1ccc(O)c(C)c1. The van der Waals surface area contributed by atoms with Crippen molar-refractivity contribution in [3.63, 3.8) is 0 Å². The molecule has 0 aliphatic carbocycles. The summed E-state index contributed by atoms with van der Waals surface area (Å²) in [6.45, 7) is 7.16. The van der Waals surface area contributed by atoms with Crippen molar-refractivity contribution in [3.8, 4) is 5.75 Å². The summed E-state index contributed by atoms with van der Waals surface area (Å²) >= 11 is 0. The van der Waals surface area contributed by atoms with Crippen LogP contribution >= 0.6 is 0 Å². The first-order valence-electron chi connectivity index (χ1n) is 6.22. The zero-order valence-corrected chi connectivity index (χ0v) is 10.9. The molecule has 2 fully saturated rings. The fourth-order valence-electron chi connectivity index (χ4n) is 1.46. The standard InChI is InChI=1S/C8H10O.C6H10O3/c1-6-3-4-8(9)7(2)5-6;1(5-3-8-5)7-2-6-4-9-6/h3-5,9H,1-2H3;5-6H,1-4H2. The molecule has 4 heteroatoms. The molecule has 2 unspecified atom stereocenters. The Kier molecular flexibility index (Phi) is 4.58. The summed E-state index contributed by atoms with van der Waals surface area (Å²) in [4.78, 5) is 0. The van der Waals surface area contributed by atoms with Crippen LogP contribution in [0.4, 0.5) is 0 Å². The molecule has 4 nitrogen and oxygen atoms in total. The minimum atomic E-state index is 0.376. The van der Waals surface area contributed by atoms with Gasteiger partial charge in [0.25, 0.3) is 0 Å². The molecule has 0 saturated carbocycles. The molecule has 1 aromatic rings. The number of hydrogen-bond donors (Lipinski definition) is 1. The van der Waals surface area contributed by atoms with E-state index in [0.29, 0.717) is 18.0 Å². The topological polar surface area (TPSA) is 54.5 Å². The molecule has 1 N–H and O–H groups in total. The zero-order valence-electron chi connectivity index (χ0n) is 10.9. The van der Waals surface area contributed by atoms with E-state index < -0.39 is 0 Å². The summed E-state index contributed by atoms with van der Waals surface area (Å²) in [7, 11) is 0. The lowest BCUT2D eigenvalue weighted by molar-refractivity contribution is 0.102. The molecular weight excluding hydrogens is 232 g/mol. The molecule has 2 atom stereocenters. The smallest absolute Gasteiger partial charge is 0.118 e. The quantitative estimate of drug-likeness (QED) is 0.830. The molecule has 0 amide bonds. The van der Waals surface area contributed by atoms with Gasteiger partial charge in [0.05, 0.1) is 26.4 Å². The summed E-state index contributed by atoms with van der Waals surface area (Å²) < 4.78 is 15.1. The second kappa shape index (κ2) is 6.18. The lowest BCUT2D eigenvalue weighted by atomic mass is 10.1. The van der Waals surface area contributed by atoms with Gasteiger partial charge < -0.3 is 19.3 Å². The van der Waals surface area contributed by atoms with Crippen molar-refractivity contribution in [2.45, 2.75) is 26.1 Å². The maximum atomic E-state index is 9.04. The van der Waals surface area contributed by atoms with Gasteiger partial charge in [-0.2, -0.15) is 0 Å². The molecule has 0 spiro atoms. The van der Waals surface area contributed by atoms with Crippen LogP contribution in [0, 0.1) is 13.8 Å². The van der Waals surface area contributed by atoms with Crippen LogP contribution in [0.3, 0.4) is 0 Å². The molecule has 2 aliphatic rings. The first-order valence-corrected chi connectivity index (χ1v) is 6.22. The van der Waals surface area contributed by atoms with Crippen LogP contribution in [0.2, 0.25) is 0 Å². The first-order chi connectivity index (χ1) is 8.65. The van der Waals surface area contributed by atoms with Crippen LogP contribution in [0.1, 0.15) is 11.1 Å². The number of hydrogen-bond acceptors (Lipinski definition) is 4. The molecule has 100 valence electrons. The second-order valence-corrected chi connectivity index (χ2v) is 4.74. The highest BCUT2D eigenvalue weighted by Gasteiger charge is 2.26. The summed E-state index contributed by atoms with van der Waals surface area (Å²) in [5.74, 6) is 0.376. The predicted molar refractivity (Wildman–Crippen MR) is 67.9 cm³/mol. The Morgan fingerprint density at radius 1 is 1.17 bits per heavy atom. The Labute approximate surface area is 107 Å². The van der Waals surface area contributed by atoms with E-state index in [2.05, 4.69) is 0 Å². The monoisotopic (exact) mass is 252 g/mol. The summed E-state index contributed by atoms with van der Waals surface area (Å²) in [6.07, 6.45) is 0.785. The second-order valence-electron chi connectivity index (χ2n) is 4.74. The van der Waals surface area contributed by atoms with Gasteiger partial charge in [0.2, 0.25) is 0 Å². The predicted octanol–water partition coefficient (Wildman–Crippen LogP) is 1.81. The van der Waals surface area contributed by atoms with Gasteiger partial charge in [-0.05, 0) is 25.5 Å². The number of benzene rings is 1. The molecule has 2 saturated heterocycles. The van der Waals surface area contributed by atoms with E-state index in [0.717, 1.165) is 32.0 Å². The molecule has 0 radical (unpaired) electrons. The average Bonchev–Trinajstić information content (AvgIpc) is 3.18. The van der Waals surface area contributed by atoms with Crippen molar-refractivity contribution in [3.05, 3.63) is 29.3 Å². The minimum Gasteiger partial charge on any atom is -0.508 e. The highest BCUT2D eigenvalue weighted by molar-refractivity contribution is 5.34. The lowest BCUT2D eigenvalue weighted by Crippen LogP contribution is -2.06. The largest absolute Gasteiger partial charge is 0.508 e. The van der Waals surface area contributed by atoms with Gasteiger partial charge in [0, 0.05) is 0 Å². The van der Waals surface area contributed by atoms with E-state index in [4.69, 9.17) is 19.3 Å². The van der Waals surface area contributed by atoms with E-state index in [1.807, 2.05) is 26.0 Å². The molecule has 0 bridgehead atoms. The van der Waals surface area contributed by atoms with Crippen molar-refractivity contribution in [2.24, 2.45) is 0 Å². The molecule has 18 heavy (non-hydrogen) atoms. The van der Waals surface area contributed by atoms with Gasteiger partial charge in [0.1, 0.15) is 18.0 Å². The summed E-state index contributed by atoms with van der Waals surface area (Å²) in [5, 5.41) is 9.04. The molecule has 0 aromatic heterocycles. The van der Waals surface area contributed by atoms with Crippen molar-refractivity contribution in [1.82, 2.24) is 0 Å². The summed E-state index contributed by atoms with van der Waals surface area (Å²) in [5.41, 5.74) is 2.13. The Morgan fingerprint density at radius 2 is 1.72 bits per heavy atom. The van der Waals surface area contributed by atoms with E-state index in [1.165, 1.54) is 5.56 Å². The molecule has 2 aliphatic heterocycles. The van der Waals surface area contributed by atoms with Crippen LogP contribution in [-0.2, 0) is 14.2 Å². The average molecular weight is 252 g/mol. The first kappa shape index (κ1) is 13.3. The Morgan fingerprint density at radius 3 is 2.11 bits per heavy atom. The summed E-state index contributed by atoms with van der Waals surface area (Å²) in [6, 6.07) is 5.56. The number of rotatable bonds is 4. The number of phenolic OH excluding ortho intramolecular Hbond substituents is 1. The van der Waals surface area contributed by atoms with Crippen molar-refractivity contribution < 1.29 is 19.3 Å². The van der Waals surface area contributed by atoms with Crippen LogP contribution in [0.25, 0.3) is 0 Å². The maximum Gasteiger partial charge on any atom is 0.118 e. The fourth-order valence-corrected chi connectivity index (χ4v) is 1.46.